The van der Waals surface area contributed by atoms with Gasteiger partial charge in [0.25, 0.3) is 5.91 Å². The van der Waals surface area contributed by atoms with Crippen molar-refractivity contribution in [3.05, 3.63) is 59.9 Å². The summed E-state index contributed by atoms with van der Waals surface area (Å²) >= 11 is 0. The number of ether oxygens (including phenoxy) is 1. The van der Waals surface area contributed by atoms with Crippen LogP contribution in [0.5, 0.6) is 5.75 Å². The van der Waals surface area contributed by atoms with Crippen LogP contribution in [0.1, 0.15) is 16.8 Å². The summed E-state index contributed by atoms with van der Waals surface area (Å²) in [6.07, 6.45) is 0.578. The van der Waals surface area contributed by atoms with Crippen LogP contribution in [0.3, 0.4) is 0 Å². The molecule has 2 aromatic carbocycles. The highest BCUT2D eigenvalue weighted by Gasteiger charge is 2.23. The number of alkyl halides is 2. The van der Waals surface area contributed by atoms with Crippen molar-refractivity contribution in [1.82, 2.24) is 9.80 Å². The molecule has 1 aliphatic rings. The maximum absolute atomic E-state index is 13.0. The summed E-state index contributed by atoms with van der Waals surface area (Å²) < 4.78 is 42.0. The van der Waals surface area contributed by atoms with E-state index < -0.39 is 18.5 Å². The van der Waals surface area contributed by atoms with Gasteiger partial charge in [-0.3, -0.25) is 4.79 Å². The molecule has 0 aromatic heterocycles. The molecule has 1 aliphatic heterocycles. The Kier molecular flexibility index (Phi) is 6.58. The first-order chi connectivity index (χ1) is 13.9. The predicted molar refractivity (Wildman–Crippen MR) is 101 cm³/mol. The number of nitrogens with one attached hydrogen (secondary N) is 1. The number of carbonyl (C=O) groups excluding carboxylic acids is 2. The molecule has 0 radical (unpaired) electrons. The van der Waals surface area contributed by atoms with Crippen molar-refractivity contribution >= 4 is 17.6 Å². The van der Waals surface area contributed by atoms with Crippen LogP contribution in [0, 0.1) is 5.82 Å². The molecule has 0 bridgehead atoms. The average molecular weight is 407 g/mol. The molecule has 1 saturated heterocycles. The van der Waals surface area contributed by atoms with Crippen molar-refractivity contribution in [2.75, 3.05) is 31.5 Å². The fourth-order valence-corrected chi connectivity index (χ4v) is 3.05. The quantitative estimate of drug-likeness (QED) is 0.839. The largest absolute Gasteiger partial charge is 0.435 e. The highest BCUT2D eigenvalue weighted by molar-refractivity contribution is 5.94. The Hall–Kier alpha value is -3.23. The lowest BCUT2D eigenvalue weighted by molar-refractivity contribution is -0.0498. The van der Waals surface area contributed by atoms with Crippen LogP contribution >= 0.6 is 0 Å². The lowest BCUT2D eigenvalue weighted by Gasteiger charge is -2.22. The van der Waals surface area contributed by atoms with Crippen molar-refractivity contribution in [3.8, 4) is 5.75 Å². The fourth-order valence-electron chi connectivity index (χ4n) is 3.05. The van der Waals surface area contributed by atoms with Gasteiger partial charge in [-0.2, -0.15) is 8.78 Å². The number of hydrogen-bond donors (Lipinski definition) is 1. The van der Waals surface area contributed by atoms with Crippen molar-refractivity contribution in [1.29, 1.82) is 0 Å². The number of anilines is 1. The van der Waals surface area contributed by atoms with E-state index in [2.05, 4.69) is 10.1 Å². The van der Waals surface area contributed by atoms with Crippen molar-refractivity contribution < 1.29 is 27.5 Å². The topological polar surface area (TPSA) is 61.9 Å². The van der Waals surface area contributed by atoms with Crippen molar-refractivity contribution in [3.63, 3.8) is 0 Å². The lowest BCUT2D eigenvalue weighted by Crippen LogP contribution is -2.39. The number of carbonyl (C=O) groups is 2. The van der Waals surface area contributed by atoms with E-state index >= 15 is 0 Å². The molecule has 0 saturated carbocycles. The van der Waals surface area contributed by atoms with Gasteiger partial charge < -0.3 is 19.9 Å². The maximum Gasteiger partial charge on any atom is 0.387 e. The molecule has 0 unspecified atom stereocenters. The number of rotatable bonds is 4. The zero-order valence-corrected chi connectivity index (χ0v) is 15.5. The van der Waals surface area contributed by atoms with Gasteiger partial charge >= 0.3 is 12.6 Å². The third-order valence-electron chi connectivity index (χ3n) is 4.47. The van der Waals surface area contributed by atoms with Gasteiger partial charge in [-0.05, 0) is 42.8 Å². The van der Waals surface area contributed by atoms with Crippen LogP contribution in [0.25, 0.3) is 0 Å². The zero-order valence-electron chi connectivity index (χ0n) is 15.5. The van der Waals surface area contributed by atoms with Crippen LogP contribution < -0.4 is 10.1 Å². The summed E-state index contributed by atoms with van der Waals surface area (Å²) in [5.41, 5.74) is 0.719. The number of nitrogens with zero attached hydrogens (tertiary/aromatic N) is 2. The first kappa shape index (κ1) is 20.5. The molecule has 1 heterocycles. The zero-order chi connectivity index (χ0) is 20.8. The highest BCUT2D eigenvalue weighted by Crippen LogP contribution is 2.20. The van der Waals surface area contributed by atoms with Gasteiger partial charge in [0.15, 0.2) is 0 Å². The lowest BCUT2D eigenvalue weighted by atomic mass is 10.2. The molecule has 6 nitrogen and oxygen atoms in total. The minimum atomic E-state index is -2.95. The minimum Gasteiger partial charge on any atom is -0.435 e. The molecular formula is C20H20F3N3O3. The van der Waals surface area contributed by atoms with E-state index in [1.807, 2.05) is 0 Å². The standard InChI is InChI=1S/C20H20F3N3O3/c21-15-7-5-14(6-8-15)18(27)25-9-2-10-26(12-11-25)20(28)24-16-3-1-4-17(13-16)29-19(22)23/h1,3-8,13,19H,2,9-12H2,(H,24,28). The third kappa shape index (κ3) is 5.63. The van der Waals surface area contributed by atoms with Crippen LogP contribution in [-0.2, 0) is 0 Å². The van der Waals surface area contributed by atoms with Crippen molar-refractivity contribution in [2.24, 2.45) is 0 Å². The second-order valence-electron chi connectivity index (χ2n) is 6.48. The van der Waals surface area contributed by atoms with E-state index in [-0.39, 0.29) is 11.7 Å². The first-order valence-corrected chi connectivity index (χ1v) is 9.08. The summed E-state index contributed by atoms with van der Waals surface area (Å²) in [5, 5.41) is 2.65. The number of hydrogen-bond acceptors (Lipinski definition) is 3. The van der Waals surface area contributed by atoms with E-state index in [1.54, 1.807) is 15.9 Å². The molecular weight excluding hydrogens is 387 g/mol. The Labute approximate surface area is 165 Å². The Bertz CT molecular complexity index is 862. The summed E-state index contributed by atoms with van der Waals surface area (Å²) in [7, 11) is 0. The minimum absolute atomic E-state index is 0.0512. The summed E-state index contributed by atoms with van der Waals surface area (Å²) in [4.78, 5) is 28.3. The van der Waals surface area contributed by atoms with E-state index in [1.165, 1.54) is 42.5 Å². The molecule has 1 N–H and O–H groups in total. The van der Waals surface area contributed by atoms with Gasteiger partial charge in [-0.1, -0.05) is 6.07 Å². The van der Waals surface area contributed by atoms with Gasteiger partial charge in [0.1, 0.15) is 11.6 Å². The molecule has 1 fully saturated rings. The van der Waals surface area contributed by atoms with Gasteiger partial charge in [0.05, 0.1) is 0 Å². The number of amides is 3. The monoisotopic (exact) mass is 407 g/mol. The van der Waals surface area contributed by atoms with E-state index in [0.717, 1.165) is 0 Å². The molecule has 0 atom stereocenters. The summed E-state index contributed by atoms with van der Waals surface area (Å²) in [5.74, 6) is -0.683. The second kappa shape index (κ2) is 9.31. The van der Waals surface area contributed by atoms with Crippen LogP contribution in [0.15, 0.2) is 48.5 Å². The molecule has 9 heteroatoms. The number of halogens is 3. The second-order valence-corrected chi connectivity index (χ2v) is 6.48. The smallest absolute Gasteiger partial charge is 0.387 e. The Balaban J connectivity index is 1.58. The highest BCUT2D eigenvalue weighted by atomic mass is 19.3. The Morgan fingerprint density at radius 2 is 1.66 bits per heavy atom. The summed E-state index contributed by atoms with van der Waals surface area (Å²) in [6.45, 7) is -1.40. The maximum atomic E-state index is 13.0. The SMILES string of the molecule is O=C(Nc1cccc(OC(F)F)c1)N1CCCN(C(=O)c2ccc(F)cc2)CC1. The van der Waals surface area contributed by atoms with E-state index in [4.69, 9.17) is 0 Å². The molecule has 3 rings (SSSR count). The van der Waals surface area contributed by atoms with Crippen LogP contribution in [-0.4, -0.2) is 54.5 Å². The van der Waals surface area contributed by atoms with Gasteiger partial charge in [-0.25, -0.2) is 9.18 Å². The van der Waals surface area contributed by atoms with Gasteiger partial charge in [0.2, 0.25) is 0 Å². The molecule has 0 spiro atoms. The van der Waals surface area contributed by atoms with Gasteiger partial charge in [0, 0.05) is 43.5 Å². The van der Waals surface area contributed by atoms with E-state index in [0.29, 0.717) is 43.9 Å². The number of urea groups is 1. The number of benzene rings is 2. The first-order valence-electron chi connectivity index (χ1n) is 9.08. The average Bonchev–Trinajstić information content (AvgIpc) is 2.94. The molecule has 29 heavy (non-hydrogen) atoms. The normalized spacial score (nSPS) is 14.5. The molecule has 2 aromatic rings. The Morgan fingerprint density at radius 3 is 2.38 bits per heavy atom. The molecule has 154 valence electrons. The third-order valence-corrected chi connectivity index (χ3v) is 4.47. The molecule has 3 amide bonds. The summed E-state index contributed by atoms with van der Waals surface area (Å²) in [6, 6.07) is 10.7. The van der Waals surface area contributed by atoms with E-state index in [9.17, 15) is 22.8 Å². The fraction of sp³-hybridized carbons (Fsp3) is 0.300. The van der Waals surface area contributed by atoms with Crippen LogP contribution in [0.2, 0.25) is 0 Å². The Morgan fingerprint density at radius 1 is 0.966 bits per heavy atom. The van der Waals surface area contributed by atoms with Crippen LogP contribution in [0.4, 0.5) is 23.7 Å². The van der Waals surface area contributed by atoms with Gasteiger partial charge in [-0.15, -0.1) is 0 Å². The molecule has 0 aliphatic carbocycles. The van der Waals surface area contributed by atoms with Crippen molar-refractivity contribution in [2.45, 2.75) is 13.0 Å². The predicted octanol–water partition coefficient (Wildman–Crippen LogP) is 3.81.